The van der Waals surface area contributed by atoms with Gasteiger partial charge in [0.05, 0.1) is 20.2 Å². The molecule has 0 spiro atoms. The van der Waals surface area contributed by atoms with Crippen molar-refractivity contribution in [2.24, 2.45) is 4.99 Å². The number of anilines is 1. The van der Waals surface area contributed by atoms with E-state index in [2.05, 4.69) is 26.2 Å². The molecule has 6 nitrogen and oxygen atoms in total. The molecule has 0 amide bonds. The Morgan fingerprint density at radius 2 is 1.96 bits per heavy atom. The second-order valence-electron chi connectivity index (χ2n) is 6.76. The summed E-state index contributed by atoms with van der Waals surface area (Å²) in [6.07, 6.45) is -4.18. The normalized spacial score (nSPS) is 15.9. The first-order chi connectivity index (χ1) is 13.3. The van der Waals surface area contributed by atoms with Crippen molar-refractivity contribution >= 4 is 11.6 Å². The predicted octanol–water partition coefficient (Wildman–Crippen LogP) is 2.28. The number of aliphatic imine (C=N–C) groups is 1. The molecule has 1 saturated heterocycles. The lowest BCUT2D eigenvalue weighted by atomic mass is 10.2. The Bertz CT molecular complexity index is 630. The van der Waals surface area contributed by atoms with E-state index < -0.39 is 12.7 Å². The van der Waals surface area contributed by atoms with Gasteiger partial charge in [-0.25, -0.2) is 0 Å². The van der Waals surface area contributed by atoms with E-state index in [9.17, 15) is 13.2 Å². The molecule has 1 aliphatic heterocycles. The van der Waals surface area contributed by atoms with Gasteiger partial charge in [-0.1, -0.05) is 6.07 Å². The molecular formula is C19H30F3N5O. The molecule has 0 aliphatic carbocycles. The zero-order valence-corrected chi connectivity index (χ0v) is 16.8. The molecule has 0 aromatic heterocycles. The number of nitrogens with one attached hydrogen (secondary N) is 1. The Kier molecular flexibility index (Phi) is 8.22. The van der Waals surface area contributed by atoms with Gasteiger partial charge in [0.1, 0.15) is 5.75 Å². The Labute approximate surface area is 165 Å². The second kappa shape index (κ2) is 10.4. The van der Waals surface area contributed by atoms with Crippen LogP contribution < -0.4 is 15.0 Å². The average molecular weight is 401 g/mol. The molecule has 1 aromatic rings. The molecule has 9 heteroatoms. The molecule has 1 fully saturated rings. The maximum atomic E-state index is 12.4. The molecule has 1 aliphatic rings. The Hall–Kier alpha value is -2.16. The first-order valence-electron chi connectivity index (χ1n) is 9.50. The van der Waals surface area contributed by atoms with Crippen LogP contribution in [0.3, 0.4) is 0 Å². The molecule has 1 heterocycles. The lowest BCUT2D eigenvalue weighted by Gasteiger charge is -2.37. The van der Waals surface area contributed by atoms with Crippen LogP contribution in [-0.4, -0.2) is 88.5 Å². The number of alkyl halides is 3. The fourth-order valence-electron chi connectivity index (χ4n) is 3.12. The molecule has 158 valence electrons. The van der Waals surface area contributed by atoms with Crippen LogP contribution in [0.4, 0.5) is 18.9 Å². The fourth-order valence-corrected chi connectivity index (χ4v) is 3.12. The minimum absolute atomic E-state index is 0.262. The summed E-state index contributed by atoms with van der Waals surface area (Å²) in [5.74, 6) is 1.59. The van der Waals surface area contributed by atoms with E-state index in [0.717, 1.165) is 43.6 Å². The molecule has 0 atom stereocenters. The fraction of sp³-hybridized carbons (Fsp3) is 0.632. The molecule has 0 saturated carbocycles. The summed E-state index contributed by atoms with van der Waals surface area (Å²) >= 11 is 0. The number of likely N-dealkylation sites (N-methyl/N-ethyl adjacent to an activating group) is 1. The standard InChI is InChI=1S/C19H30F3N5O/c1-4-23-18(24-8-9-25(2)15-19(20,21)22)27-12-10-26(11-13-27)16-6-5-7-17(14-16)28-3/h5-7,14H,4,8-13,15H2,1-3H3,(H,23,24). The number of methoxy groups -OCH3 is 1. The highest BCUT2D eigenvalue weighted by Gasteiger charge is 2.28. The van der Waals surface area contributed by atoms with E-state index in [1.54, 1.807) is 7.11 Å². The number of piperazine rings is 1. The highest BCUT2D eigenvalue weighted by atomic mass is 19.4. The molecular weight excluding hydrogens is 371 g/mol. The van der Waals surface area contributed by atoms with Crippen molar-refractivity contribution in [3.63, 3.8) is 0 Å². The van der Waals surface area contributed by atoms with Crippen molar-refractivity contribution < 1.29 is 17.9 Å². The molecule has 0 bridgehead atoms. The van der Waals surface area contributed by atoms with Crippen molar-refractivity contribution in [1.29, 1.82) is 0 Å². The van der Waals surface area contributed by atoms with Crippen LogP contribution in [0.1, 0.15) is 6.92 Å². The van der Waals surface area contributed by atoms with Gasteiger partial charge in [-0.05, 0) is 26.1 Å². The van der Waals surface area contributed by atoms with Gasteiger partial charge in [0.2, 0.25) is 0 Å². The van der Waals surface area contributed by atoms with Gasteiger partial charge in [0.25, 0.3) is 0 Å². The number of ether oxygens (including phenoxy) is 1. The third-order valence-corrected chi connectivity index (χ3v) is 4.53. The highest BCUT2D eigenvalue weighted by Crippen LogP contribution is 2.22. The van der Waals surface area contributed by atoms with Crippen molar-refractivity contribution in [2.45, 2.75) is 13.1 Å². The largest absolute Gasteiger partial charge is 0.497 e. The van der Waals surface area contributed by atoms with Crippen LogP contribution >= 0.6 is 0 Å². The first kappa shape index (κ1) is 22.1. The van der Waals surface area contributed by atoms with Gasteiger partial charge >= 0.3 is 6.18 Å². The lowest BCUT2D eigenvalue weighted by molar-refractivity contribution is -0.142. The zero-order valence-electron chi connectivity index (χ0n) is 16.8. The summed E-state index contributed by atoms with van der Waals surface area (Å²) in [5.41, 5.74) is 1.12. The number of guanidine groups is 1. The summed E-state index contributed by atoms with van der Waals surface area (Å²) in [7, 11) is 3.12. The minimum Gasteiger partial charge on any atom is -0.497 e. The van der Waals surface area contributed by atoms with Crippen molar-refractivity contribution in [1.82, 2.24) is 15.1 Å². The number of benzene rings is 1. The topological polar surface area (TPSA) is 43.3 Å². The number of hydrogen-bond acceptors (Lipinski definition) is 4. The molecule has 0 radical (unpaired) electrons. The minimum atomic E-state index is -4.18. The van der Waals surface area contributed by atoms with Crippen molar-refractivity contribution in [2.75, 3.05) is 71.4 Å². The molecule has 1 N–H and O–H groups in total. The van der Waals surface area contributed by atoms with Crippen LogP contribution in [0.5, 0.6) is 5.75 Å². The van der Waals surface area contributed by atoms with Crippen LogP contribution in [0.25, 0.3) is 0 Å². The average Bonchev–Trinajstić information content (AvgIpc) is 2.66. The Morgan fingerprint density at radius 1 is 1.25 bits per heavy atom. The van der Waals surface area contributed by atoms with Gasteiger partial charge in [-0.3, -0.25) is 9.89 Å². The summed E-state index contributed by atoms with van der Waals surface area (Å²) < 4.78 is 42.5. The Balaban J connectivity index is 1.89. The van der Waals surface area contributed by atoms with Gasteiger partial charge in [-0.2, -0.15) is 13.2 Å². The van der Waals surface area contributed by atoms with E-state index in [1.165, 1.54) is 11.9 Å². The third kappa shape index (κ3) is 7.10. The zero-order chi connectivity index (χ0) is 20.6. The SMILES string of the molecule is CCNC(=NCCN(C)CC(F)(F)F)N1CCN(c2cccc(OC)c2)CC1. The van der Waals surface area contributed by atoms with Crippen molar-refractivity contribution in [3.05, 3.63) is 24.3 Å². The monoisotopic (exact) mass is 401 g/mol. The van der Waals surface area contributed by atoms with Gasteiger partial charge in [0, 0.05) is 51.0 Å². The van der Waals surface area contributed by atoms with E-state index >= 15 is 0 Å². The summed E-state index contributed by atoms with van der Waals surface area (Å²) in [6.45, 7) is 5.63. The quantitative estimate of drug-likeness (QED) is 0.561. The third-order valence-electron chi connectivity index (χ3n) is 4.53. The number of rotatable bonds is 7. The maximum absolute atomic E-state index is 12.4. The number of hydrogen-bond donors (Lipinski definition) is 1. The molecule has 1 aromatic carbocycles. The first-order valence-corrected chi connectivity index (χ1v) is 9.50. The van der Waals surface area contributed by atoms with E-state index in [0.29, 0.717) is 13.1 Å². The van der Waals surface area contributed by atoms with Crippen LogP contribution in [0, 0.1) is 0 Å². The van der Waals surface area contributed by atoms with Crippen LogP contribution in [0.2, 0.25) is 0 Å². The summed E-state index contributed by atoms with van der Waals surface area (Å²) in [6, 6.07) is 7.98. The number of nitrogens with zero attached hydrogens (tertiary/aromatic N) is 4. The molecule has 0 unspecified atom stereocenters. The smallest absolute Gasteiger partial charge is 0.401 e. The lowest BCUT2D eigenvalue weighted by Crippen LogP contribution is -2.52. The van der Waals surface area contributed by atoms with E-state index in [1.807, 2.05) is 25.1 Å². The predicted molar refractivity (Wildman–Crippen MR) is 106 cm³/mol. The summed E-state index contributed by atoms with van der Waals surface area (Å²) in [5, 5.41) is 3.24. The highest BCUT2D eigenvalue weighted by molar-refractivity contribution is 5.80. The van der Waals surface area contributed by atoms with Crippen LogP contribution in [-0.2, 0) is 0 Å². The second-order valence-corrected chi connectivity index (χ2v) is 6.76. The van der Waals surface area contributed by atoms with Crippen molar-refractivity contribution in [3.8, 4) is 5.75 Å². The number of halogens is 3. The van der Waals surface area contributed by atoms with Gasteiger partial charge in [-0.15, -0.1) is 0 Å². The van der Waals surface area contributed by atoms with Gasteiger partial charge in [0.15, 0.2) is 5.96 Å². The Morgan fingerprint density at radius 3 is 2.57 bits per heavy atom. The van der Waals surface area contributed by atoms with Crippen LogP contribution in [0.15, 0.2) is 29.3 Å². The molecule has 28 heavy (non-hydrogen) atoms. The maximum Gasteiger partial charge on any atom is 0.401 e. The molecule has 2 rings (SSSR count). The van der Waals surface area contributed by atoms with E-state index in [4.69, 9.17) is 4.74 Å². The van der Waals surface area contributed by atoms with Gasteiger partial charge < -0.3 is 19.9 Å². The van der Waals surface area contributed by atoms with E-state index in [-0.39, 0.29) is 6.54 Å². The summed E-state index contributed by atoms with van der Waals surface area (Å²) in [4.78, 5) is 10.2.